The Morgan fingerprint density at radius 2 is 2.40 bits per heavy atom. The fourth-order valence-electron chi connectivity index (χ4n) is 2.45. The Kier molecular flexibility index (Phi) is 4.80. The van der Waals surface area contributed by atoms with Gasteiger partial charge in [-0.2, -0.15) is 4.98 Å². The Labute approximate surface area is 123 Å². The molecule has 0 amide bonds. The molecule has 0 spiro atoms. The van der Waals surface area contributed by atoms with Crippen molar-refractivity contribution in [2.75, 3.05) is 13.1 Å². The summed E-state index contributed by atoms with van der Waals surface area (Å²) in [5.74, 6) is 2.32. The molecule has 2 unspecified atom stereocenters. The minimum Gasteiger partial charge on any atom is -0.461 e. The maximum absolute atomic E-state index is 5.93. The van der Waals surface area contributed by atoms with Crippen LogP contribution in [0.5, 0.6) is 0 Å². The number of hydrogen-bond acceptors (Lipinski definition) is 6. The van der Waals surface area contributed by atoms with Crippen molar-refractivity contribution in [3.8, 4) is 11.6 Å². The van der Waals surface area contributed by atoms with Gasteiger partial charge in [0.15, 0.2) is 5.76 Å². The molecule has 7 heteroatoms. The highest BCUT2D eigenvalue weighted by Gasteiger charge is 2.26. The summed E-state index contributed by atoms with van der Waals surface area (Å²) in [6.45, 7) is 4.77. The number of nitrogens with zero attached hydrogens (tertiary/aromatic N) is 3. The lowest BCUT2D eigenvalue weighted by atomic mass is 10.0. The molecule has 20 heavy (non-hydrogen) atoms. The van der Waals surface area contributed by atoms with Crippen molar-refractivity contribution in [1.29, 1.82) is 0 Å². The molecule has 2 N–H and O–H groups in total. The Bertz CT molecular complexity index is 526. The number of rotatable bonds is 4. The normalized spacial score (nSPS) is 20.8. The zero-order valence-electron chi connectivity index (χ0n) is 11.4. The lowest BCUT2D eigenvalue weighted by Gasteiger charge is -2.15. The standard InChI is InChI=1S/C13H18N4O2.ClH/c1-9(14)10-4-5-17(7-10)8-12-15-13(16-19-12)11-3-2-6-18-11;/h2-3,6,9-10H,4-5,7-8,14H2,1H3;1H. The van der Waals surface area contributed by atoms with Gasteiger partial charge in [-0.1, -0.05) is 5.16 Å². The van der Waals surface area contributed by atoms with Crippen LogP contribution in [0.2, 0.25) is 0 Å². The maximum Gasteiger partial charge on any atom is 0.241 e. The summed E-state index contributed by atoms with van der Waals surface area (Å²) >= 11 is 0. The molecule has 1 aliphatic heterocycles. The fourth-order valence-corrected chi connectivity index (χ4v) is 2.45. The Hall–Kier alpha value is -1.37. The van der Waals surface area contributed by atoms with Crippen LogP contribution in [0.25, 0.3) is 11.6 Å². The number of aromatic nitrogens is 2. The first-order valence-electron chi connectivity index (χ1n) is 6.57. The van der Waals surface area contributed by atoms with Gasteiger partial charge in [-0.25, -0.2) is 0 Å². The summed E-state index contributed by atoms with van der Waals surface area (Å²) in [6.07, 6.45) is 2.73. The van der Waals surface area contributed by atoms with E-state index in [4.69, 9.17) is 14.7 Å². The van der Waals surface area contributed by atoms with Crippen molar-refractivity contribution in [2.45, 2.75) is 25.9 Å². The number of likely N-dealkylation sites (tertiary alicyclic amines) is 1. The van der Waals surface area contributed by atoms with Crippen LogP contribution in [0, 0.1) is 5.92 Å². The van der Waals surface area contributed by atoms with Gasteiger partial charge in [-0.05, 0) is 37.9 Å². The molecule has 0 bridgehead atoms. The Balaban J connectivity index is 0.00000147. The summed E-state index contributed by atoms with van der Waals surface area (Å²) in [6, 6.07) is 3.86. The third kappa shape index (κ3) is 3.20. The van der Waals surface area contributed by atoms with E-state index in [0.717, 1.165) is 19.5 Å². The summed E-state index contributed by atoms with van der Waals surface area (Å²) < 4.78 is 10.5. The quantitative estimate of drug-likeness (QED) is 0.929. The topological polar surface area (TPSA) is 81.3 Å². The van der Waals surface area contributed by atoms with Crippen molar-refractivity contribution in [3.63, 3.8) is 0 Å². The monoisotopic (exact) mass is 298 g/mol. The van der Waals surface area contributed by atoms with Crippen LogP contribution >= 0.6 is 12.4 Å². The molecule has 110 valence electrons. The molecular formula is C13H19ClN4O2. The first kappa shape index (κ1) is 15.0. The van der Waals surface area contributed by atoms with Gasteiger partial charge in [0.05, 0.1) is 12.8 Å². The van der Waals surface area contributed by atoms with Gasteiger partial charge >= 0.3 is 0 Å². The SMILES string of the molecule is CC(N)C1CCN(Cc2nc(-c3ccco3)no2)C1.Cl. The predicted octanol–water partition coefficient (Wildman–Crippen LogP) is 1.92. The summed E-state index contributed by atoms with van der Waals surface area (Å²) in [5, 5.41) is 3.92. The fraction of sp³-hybridized carbons (Fsp3) is 0.538. The maximum atomic E-state index is 5.93. The highest BCUT2D eigenvalue weighted by Crippen LogP contribution is 2.21. The zero-order chi connectivity index (χ0) is 13.2. The van der Waals surface area contributed by atoms with Crippen molar-refractivity contribution in [2.24, 2.45) is 11.7 Å². The average molecular weight is 299 g/mol. The van der Waals surface area contributed by atoms with Gasteiger partial charge in [-0.15, -0.1) is 12.4 Å². The van der Waals surface area contributed by atoms with Crippen LogP contribution in [0.3, 0.4) is 0 Å². The molecule has 1 fully saturated rings. The van der Waals surface area contributed by atoms with Gasteiger partial charge in [0.25, 0.3) is 0 Å². The number of hydrogen-bond donors (Lipinski definition) is 1. The molecule has 0 aliphatic carbocycles. The average Bonchev–Trinajstić information content (AvgIpc) is 3.09. The second-order valence-electron chi connectivity index (χ2n) is 5.13. The Morgan fingerprint density at radius 1 is 1.55 bits per heavy atom. The second-order valence-corrected chi connectivity index (χ2v) is 5.13. The van der Waals surface area contributed by atoms with Crippen molar-refractivity contribution in [1.82, 2.24) is 15.0 Å². The molecule has 2 atom stereocenters. The third-order valence-electron chi connectivity index (χ3n) is 3.62. The highest BCUT2D eigenvalue weighted by atomic mass is 35.5. The summed E-state index contributed by atoms with van der Waals surface area (Å²) in [4.78, 5) is 6.64. The van der Waals surface area contributed by atoms with Gasteiger partial charge in [0.1, 0.15) is 0 Å². The first-order valence-corrected chi connectivity index (χ1v) is 6.57. The highest BCUT2D eigenvalue weighted by molar-refractivity contribution is 5.85. The minimum atomic E-state index is 0. The van der Waals surface area contributed by atoms with Crippen LogP contribution in [0.4, 0.5) is 0 Å². The van der Waals surface area contributed by atoms with Gasteiger partial charge in [0, 0.05) is 12.6 Å². The number of furan rings is 1. The summed E-state index contributed by atoms with van der Waals surface area (Å²) in [7, 11) is 0. The number of nitrogens with two attached hydrogens (primary N) is 1. The van der Waals surface area contributed by atoms with Crippen LogP contribution in [0.15, 0.2) is 27.3 Å². The molecule has 6 nitrogen and oxygen atoms in total. The second kappa shape index (κ2) is 6.39. The lowest BCUT2D eigenvalue weighted by molar-refractivity contribution is 0.256. The van der Waals surface area contributed by atoms with E-state index < -0.39 is 0 Å². The van der Waals surface area contributed by atoms with E-state index in [1.165, 1.54) is 0 Å². The van der Waals surface area contributed by atoms with E-state index in [2.05, 4.69) is 22.0 Å². The van der Waals surface area contributed by atoms with Crippen LogP contribution in [-0.2, 0) is 6.54 Å². The molecule has 0 saturated carbocycles. The van der Waals surface area contributed by atoms with Crippen LogP contribution < -0.4 is 5.73 Å². The molecule has 3 heterocycles. The van der Waals surface area contributed by atoms with E-state index >= 15 is 0 Å². The van der Waals surface area contributed by atoms with Gasteiger partial charge < -0.3 is 14.7 Å². The largest absolute Gasteiger partial charge is 0.461 e. The Morgan fingerprint density at radius 3 is 3.05 bits per heavy atom. The van der Waals surface area contributed by atoms with Gasteiger partial charge in [0.2, 0.25) is 11.7 Å². The van der Waals surface area contributed by atoms with Crippen molar-refractivity contribution < 1.29 is 8.94 Å². The smallest absolute Gasteiger partial charge is 0.241 e. The van der Waals surface area contributed by atoms with E-state index in [0.29, 0.717) is 29.9 Å². The lowest BCUT2D eigenvalue weighted by Crippen LogP contribution is -2.29. The molecule has 1 saturated heterocycles. The zero-order valence-corrected chi connectivity index (χ0v) is 12.2. The molecule has 3 rings (SSSR count). The molecule has 0 aromatic carbocycles. The first-order chi connectivity index (χ1) is 9.22. The van der Waals surface area contributed by atoms with E-state index in [1.54, 1.807) is 12.3 Å². The van der Waals surface area contributed by atoms with Gasteiger partial charge in [-0.3, -0.25) is 4.90 Å². The van der Waals surface area contributed by atoms with Crippen LogP contribution in [-0.4, -0.2) is 34.2 Å². The minimum absolute atomic E-state index is 0. The molecule has 0 radical (unpaired) electrons. The molecule has 2 aromatic heterocycles. The third-order valence-corrected chi connectivity index (χ3v) is 3.62. The predicted molar refractivity (Wildman–Crippen MR) is 76.3 cm³/mol. The van der Waals surface area contributed by atoms with E-state index in [-0.39, 0.29) is 18.4 Å². The molecule has 1 aliphatic rings. The van der Waals surface area contributed by atoms with E-state index in [9.17, 15) is 0 Å². The van der Waals surface area contributed by atoms with Crippen molar-refractivity contribution >= 4 is 12.4 Å². The van der Waals surface area contributed by atoms with E-state index in [1.807, 2.05) is 6.07 Å². The summed E-state index contributed by atoms with van der Waals surface area (Å²) in [5.41, 5.74) is 5.93. The van der Waals surface area contributed by atoms with Crippen molar-refractivity contribution in [3.05, 3.63) is 24.3 Å². The molecular weight excluding hydrogens is 280 g/mol. The van der Waals surface area contributed by atoms with Crippen LogP contribution in [0.1, 0.15) is 19.2 Å². The molecule has 2 aromatic rings. The number of halogens is 1.